The first-order chi connectivity index (χ1) is 32.5. The van der Waals surface area contributed by atoms with Crippen molar-refractivity contribution >= 4 is 17.9 Å². The Kier molecular flexibility index (Phi) is 48.7. The van der Waals surface area contributed by atoms with Crippen LogP contribution in [0.25, 0.3) is 0 Å². The highest BCUT2D eigenvalue weighted by Crippen LogP contribution is 2.12. The van der Waals surface area contributed by atoms with E-state index in [4.69, 9.17) is 14.2 Å². The number of ether oxygens (including phenoxy) is 3. The van der Waals surface area contributed by atoms with Crippen molar-refractivity contribution in [2.75, 3.05) is 13.2 Å². The molecule has 0 saturated carbocycles. The van der Waals surface area contributed by atoms with E-state index in [1.54, 1.807) is 0 Å². The van der Waals surface area contributed by atoms with Crippen LogP contribution in [0.3, 0.4) is 0 Å². The van der Waals surface area contributed by atoms with Gasteiger partial charge in [0.1, 0.15) is 13.2 Å². The SMILES string of the molecule is CC/C=C/C=C/C=C/C=C/C=C/CCCC(=O)OCC(COC(=O)CCCCC/C=C/C/C=C/C/C=C/C/C=C/C/C=C/CC)OC(=O)CCCCCCCC/C=C/C/C=C/C/C=C/CC. The summed E-state index contributed by atoms with van der Waals surface area (Å²) >= 11 is 0. The summed E-state index contributed by atoms with van der Waals surface area (Å²) in [5.41, 5.74) is 0. The Hall–Kier alpha value is -4.97. The summed E-state index contributed by atoms with van der Waals surface area (Å²) in [6.07, 6.45) is 76.6. The van der Waals surface area contributed by atoms with Gasteiger partial charge >= 0.3 is 17.9 Å². The van der Waals surface area contributed by atoms with E-state index in [1.807, 2.05) is 54.7 Å². The highest BCUT2D eigenvalue weighted by atomic mass is 16.6. The van der Waals surface area contributed by atoms with E-state index in [-0.39, 0.29) is 44.0 Å². The van der Waals surface area contributed by atoms with Gasteiger partial charge < -0.3 is 14.2 Å². The Balaban J connectivity index is 4.59. The van der Waals surface area contributed by atoms with Gasteiger partial charge in [-0.05, 0) is 109 Å². The fourth-order valence-electron chi connectivity index (χ4n) is 6.16. The molecule has 0 aliphatic heterocycles. The molecule has 0 saturated heterocycles. The van der Waals surface area contributed by atoms with Gasteiger partial charge in [0.2, 0.25) is 0 Å². The third kappa shape index (κ3) is 50.0. The molecule has 0 aliphatic carbocycles. The second-order valence-corrected chi connectivity index (χ2v) is 16.1. The van der Waals surface area contributed by atoms with Gasteiger partial charge in [-0.15, -0.1) is 0 Å². The maximum atomic E-state index is 12.8. The van der Waals surface area contributed by atoms with E-state index in [1.165, 1.54) is 12.8 Å². The molecule has 6 heteroatoms. The molecule has 366 valence electrons. The largest absolute Gasteiger partial charge is 0.462 e. The van der Waals surface area contributed by atoms with Gasteiger partial charge in [-0.2, -0.15) is 0 Å². The van der Waals surface area contributed by atoms with Crippen LogP contribution in [0.5, 0.6) is 0 Å². The maximum absolute atomic E-state index is 12.8. The van der Waals surface area contributed by atoms with Crippen LogP contribution < -0.4 is 0 Å². The second-order valence-electron chi connectivity index (χ2n) is 16.1. The zero-order chi connectivity index (χ0) is 47.9. The third-order valence-electron chi connectivity index (χ3n) is 9.89. The van der Waals surface area contributed by atoms with E-state index < -0.39 is 6.10 Å². The zero-order valence-corrected chi connectivity index (χ0v) is 41.6. The first-order valence-electron chi connectivity index (χ1n) is 25.6. The molecule has 0 spiro atoms. The molecule has 1 unspecified atom stereocenters. The lowest BCUT2D eigenvalue weighted by Crippen LogP contribution is -2.30. The molecule has 0 bridgehead atoms. The lowest BCUT2D eigenvalue weighted by molar-refractivity contribution is -0.167. The molecule has 1 atom stereocenters. The van der Waals surface area contributed by atoms with E-state index in [9.17, 15) is 14.4 Å². The molecular formula is C60H90O6. The molecule has 0 amide bonds. The molecule has 6 nitrogen and oxygen atoms in total. The highest BCUT2D eigenvalue weighted by molar-refractivity contribution is 5.71. The topological polar surface area (TPSA) is 78.9 Å². The fraction of sp³-hybridized carbons (Fsp3) is 0.517. The molecule has 0 radical (unpaired) electrons. The third-order valence-corrected chi connectivity index (χ3v) is 9.89. The molecule has 0 aliphatic rings. The molecule has 0 fully saturated rings. The average molecular weight is 907 g/mol. The van der Waals surface area contributed by atoms with Crippen LogP contribution in [0.1, 0.15) is 181 Å². The van der Waals surface area contributed by atoms with Gasteiger partial charge in [-0.3, -0.25) is 14.4 Å². The van der Waals surface area contributed by atoms with Crippen molar-refractivity contribution in [3.63, 3.8) is 0 Å². The zero-order valence-electron chi connectivity index (χ0n) is 41.6. The summed E-state index contributed by atoms with van der Waals surface area (Å²) in [7, 11) is 0. The van der Waals surface area contributed by atoms with Gasteiger partial charge in [0.15, 0.2) is 6.10 Å². The van der Waals surface area contributed by atoms with Gasteiger partial charge in [0.05, 0.1) is 0 Å². The second kappa shape index (κ2) is 52.7. The van der Waals surface area contributed by atoms with Gasteiger partial charge in [0, 0.05) is 19.3 Å². The summed E-state index contributed by atoms with van der Waals surface area (Å²) in [6.45, 7) is 6.13. The molecule has 66 heavy (non-hydrogen) atoms. The molecular weight excluding hydrogens is 817 g/mol. The summed E-state index contributed by atoms with van der Waals surface area (Å²) in [5.74, 6) is -1.06. The van der Waals surface area contributed by atoms with Gasteiger partial charge in [-0.1, -0.05) is 211 Å². The molecule has 0 rings (SSSR count). The van der Waals surface area contributed by atoms with Crippen LogP contribution in [0, 0.1) is 0 Å². The Morgan fingerprint density at radius 1 is 0.318 bits per heavy atom. The number of carbonyl (C=O) groups is 3. The van der Waals surface area contributed by atoms with Crippen LogP contribution in [-0.2, 0) is 28.6 Å². The minimum atomic E-state index is -0.835. The summed E-state index contributed by atoms with van der Waals surface area (Å²) in [4.78, 5) is 38.0. The maximum Gasteiger partial charge on any atom is 0.306 e. The van der Waals surface area contributed by atoms with E-state index in [2.05, 4.69) is 124 Å². The van der Waals surface area contributed by atoms with Crippen molar-refractivity contribution in [3.8, 4) is 0 Å². The van der Waals surface area contributed by atoms with Crippen molar-refractivity contribution < 1.29 is 28.6 Å². The Bertz CT molecular complexity index is 1560. The van der Waals surface area contributed by atoms with E-state index in [0.29, 0.717) is 12.8 Å². The van der Waals surface area contributed by atoms with E-state index in [0.717, 1.165) is 122 Å². The Morgan fingerprint density at radius 2 is 0.636 bits per heavy atom. The molecule has 0 N–H and O–H groups in total. The minimum Gasteiger partial charge on any atom is -0.462 e. The van der Waals surface area contributed by atoms with Crippen molar-refractivity contribution in [2.45, 2.75) is 187 Å². The lowest BCUT2D eigenvalue weighted by Gasteiger charge is -2.18. The van der Waals surface area contributed by atoms with Crippen molar-refractivity contribution in [1.29, 1.82) is 0 Å². The summed E-state index contributed by atoms with van der Waals surface area (Å²) in [5, 5.41) is 0. The van der Waals surface area contributed by atoms with Crippen molar-refractivity contribution in [3.05, 3.63) is 158 Å². The fourth-order valence-corrected chi connectivity index (χ4v) is 6.16. The van der Waals surface area contributed by atoms with Crippen molar-refractivity contribution in [1.82, 2.24) is 0 Å². The summed E-state index contributed by atoms with van der Waals surface area (Å²) in [6, 6.07) is 0. The normalized spacial score (nSPS) is 13.4. The minimum absolute atomic E-state index is 0.131. The van der Waals surface area contributed by atoms with Crippen LogP contribution >= 0.6 is 0 Å². The van der Waals surface area contributed by atoms with Crippen LogP contribution in [0.15, 0.2) is 158 Å². The Morgan fingerprint density at radius 3 is 1.09 bits per heavy atom. The number of carbonyl (C=O) groups excluding carboxylic acids is 3. The number of hydrogen-bond acceptors (Lipinski definition) is 6. The van der Waals surface area contributed by atoms with Crippen LogP contribution in [0.2, 0.25) is 0 Å². The smallest absolute Gasteiger partial charge is 0.306 e. The molecule has 0 aromatic rings. The predicted octanol–water partition coefficient (Wildman–Crippen LogP) is 17.0. The number of esters is 3. The summed E-state index contributed by atoms with van der Waals surface area (Å²) < 4.78 is 16.7. The van der Waals surface area contributed by atoms with Crippen LogP contribution in [-0.4, -0.2) is 37.2 Å². The standard InChI is InChI=1S/C60H90O6/c1-4-7-10-13-16-19-22-25-27-29-30-31-33-35-38-41-44-47-50-53-59(62)65-56-57(55-64-58(61)52-49-46-43-40-37-34-24-21-18-15-12-9-6-3)66-60(63)54-51-48-45-42-39-36-32-28-26-23-20-17-14-11-8-5-2/h7-12,15-21,24-28,30-31,34-35,37-38,40,43,57H,4-6,13-14,22-23,29,32-33,36,39,41-42,44-56H2,1-3H3/b10-7+,11-8+,12-9+,18-15+,19-16+,20-17+,24-21+,27-25+,28-26+,31-30+,37-34+,38-35+,43-40+. The first kappa shape index (κ1) is 61.0. The van der Waals surface area contributed by atoms with E-state index >= 15 is 0 Å². The molecule has 0 heterocycles. The molecule has 0 aromatic heterocycles. The number of unbranched alkanes of at least 4 members (excludes halogenated alkanes) is 10. The number of rotatable bonds is 43. The number of hydrogen-bond donors (Lipinski definition) is 0. The van der Waals surface area contributed by atoms with Crippen LogP contribution in [0.4, 0.5) is 0 Å². The first-order valence-corrected chi connectivity index (χ1v) is 25.6. The molecule has 0 aromatic carbocycles. The lowest BCUT2D eigenvalue weighted by atomic mass is 10.1. The quantitative estimate of drug-likeness (QED) is 0.0199. The predicted molar refractivity (Wildman–Crippen MR) is 283 cm³/mol. The van der Waals surface area contributed by atoms with Gasteiger partial charge in [-0.25, -0.2) is 0 Å². The monoisotopic (exact) mass is 907 g/mol. The number of allylic oxidation sites excluding steroid dienone is 26. The Labute approximate surface area is 403 Å². The average Bonchev–Trinajstić information content (AvgIpc) is 3.31. The van der Waals surface area contributed by atoms with Crippen molar-refractivity contribution in [2.24, 2.45) is 0 Å². The highest BCUT2D eigenvalue weighted by Gasteiger charge is 2.19. The van der Waals surface area contributed by atoms with Gasteiger partial charge in [0.25, 0.3) is 0 Å².